The van der Waals surface area contributed by atoms with Crippen LogP contribution in [0, 0.1) is 5.92 Å². The lowest BCUT2D eigenvalue weighted by molar-refractivity contribution is 0.0675. The Morgan fingerprint density at radius 2 is 2.24 bits per heavy atom. The summed E-state index contributed by atoms with van der Waals surface area (Å²) in [5, 5.41) is 9.50. The number of anilines is 1. The number of carbonyl (C=O) groups is 1. The average molecular weight is 289 g/mol. The third-order valence-electron chi connectivity index (χ3n) is 3.95. The van der Waals surface area contributed by atoms with Gasteiger partial charge in [-0.1, -0.05) is 6.07 Å². The summed E-state index contributed by atoms with van der Waals surface area (Å²) < 4.78 is 6.99. The van der Waals surface area contributed by atoms with Crippen LogP contribution in [0.5, 0.6) is 0 Å². The van der Waals surface area contributed by atoms with E-state index in [1.807, 2.05) is 30.1 Å². The number of carboxylic acids is 1. The number of rotatable bonds is 4. The van der Waals surface area contributed by atoms with Gasteiger partial charge in [0.2, 0.25) is 0 Å². The van der Waals surface area contributed by atoms with Crippen molar-refractivity contribution in [3.63, 3.8) is 0 Å². The summed E-state index contributed by atoms with van der Waals surface area (Å²) in [4.78, 5) is 18.0. The van der Waals surface area contributed by atoms with Crippen molar-refractivity contribution in [3.05, 3.63) is 30.1 Å². The number of hydrogen-bond donors (Lipinski definition) is 1. The van der Waals surface area contributed by atoms with Gasteiger partial charge < -0.3 is 14.7 Å². The Kier molecular flexibility index (Phi) is 3.79. The number of carboxylic acid groups (broad SMARTS) is 1. The Morgan fingerprint density at radius 3 is 2.95 bits per heavy atom. The molecule has 2 aromatic heterocycles. The summed E-state index contributed by atoms with van der Waals surface area (Å²) in [6.45, 7) is 2.37. The molecule has 0 unspecified atom stereocenters. The first-order valence-electron chi connectivity index (χ1n) is 7.16. The van der Waals surface area contributed by atoms with Crippen molar-refractivity contribution < 1.29 is 14.6 Å². The van der Waals surface area contributed by atoms with Crippen LogP contribution in [0.1, 0.15) is 23.3 Å². The summed E-state index contributed by atoms with van der Waals surface area (Å²) in [5.74, 6) is 0.0953. The van der Waals surface area contributed by atoms with E-state index >= 15 is 0 Å². The Hall–Kier alpha value is -2.08. The van der Waals surface area contributed by atoms with E-state index in [4.69, 9.17) is 4.74 Å². The van der Waals surface area contributed by atoms with Crippen molar-refractivity contribution in [2.24, 2.45) is 5.92 Å². The van der Waals surface area contributed by atoms with Gasteiger partial charge in [-0.25, -0.2) is 9.78 Å². The second-order valence-corrected chi connectivity index (χ2v) is 5.45. The maximum Gasteiger partial charge on any atom is 0.356 e. The standard InChI is InChI=1S/C15H19N3O3/c1-17(10-11-5-8-21-9-6-11)14-13(15(19)20)18-7-3-2-4-12(18)16-14/h2-4,7,11H,5-6,8-10H2,1H3,(H,19,20). The normalized spacial score (nSPS) is 16.2. The lowest BCUT2D eigenvalue weighted by Crippen LogP contribution is -2.30. The number of fused-ring (bicyclic) bond motifs is 1. The summed E-state index contributed by atoms with van der Waals surface area (Å²) in [5.41, 5.74) is 0.879. The van der Waals surface area contributed by atoms with Gasteiger partial charge in [-0.05, 0) is 30.9 Å². The van der Waals surface area contributed by atoms with Crippen LogP contribution >= 0.6 is 0 Å². The number of aromatic carboxylic acids is 1. The molecule has 1 fully saturated rings. The number of pyridine rings is 1. The smallest absolute Gasteiger partial charge is 0.356 e. The number of aromatic nitrogens is 2. The van der Waals surface area contributed by atoms with E-state index in [1.165, 1.54) is 0 Å². The summed E-state index contributed by atoms with van der Waals surface area (Å²) in [6.07, 6.45) is 3.76. The van der Waals surface area contributed by atoms with Gasteiger partial charge in [-0.3, -0.25) is 4.40 Å². The highest BCUT2D eigenvalue weighted by Crippen LogP contribution is 2.24. The Morgan fingerprint density at radius 1 is 1.48 bits per heavy atom. The lowest BCUT2D eigenvalue weighted by atomic mass is 10.00. The molecule has 1 saturated heterocycles. The zero-order valence-electron chi connectivity index (χ0n) is 12.0. The van der Waals surface area contributed by atoms with E-state index < -0.39 is 5.97 Å². The molecule has 0 saturated carbocycles. The number of nitrogens with zero attached hydrogens (tertiary/aromatic N) is 3. The molecule has 21 heavy (non-hydrogen) atoms. The maximum atomic E-state index is 11.6. The molecule has 6 nitrogen and oxygen atoms in total. The molecule has 112 valence electrons. The van der Waals surface area contributed by atoms with E-state index in [2.05, 4.69) is 4.98 Å². The van der Waals surface area contributed by atoms with Crippen LogP contribution in [0.15, 0.2) is 24.4 Å². The fourth-order valence-corrected chi connectivity index (χ4v) is 2.85. The minimum atomic E-state index is -0.956. The van der Waals surface area contributed by atoms with Crippen LogP contribution in [0.2, 0.25) is 0 Å². The Labute approximate surface area is 123 Å². The summed E-state index contributed by atoms with van der Waals surface area (Å²) in [6, 6.07) is 5.48. The van der Waals surface area contributed by atoms with Crippen molar-refractivity contribution in [1.29, 1.82) is 0 Å². The van der Waals surface area contributed by atoms with Gasteiger partial charge in [0.1, 0.15) is 5.65 Å². The molecule has 3 rings (SSSR count). The van der Waals surface area contributed by atoms with Crippen LogP contribution in [0.4, 0.5) is 5.82 Å². The van der Waals surface area contributed by atoms with Gasteiger partial charge in [-0.2, -0.15) is 0 Å². The van der Waals surface area contributed by atoms with Gasteiger partial charge in [-0.15, -0.1) is 0 Å². The highest BCUT2D eigenvalue weighted by molar-refractivity contribution is 5.93. The first kappa shape index (κ1) is 13.9. The fourth-order valence-electron chi connectivity index (χ4n) is 2.85. The molecule has 3 heterocycles. The third kappa shape index (κ3) is 2.71. The summed E-state index contributed by atoms with van der Waals surface area (Å²) in [7, 11) is 1.91. The number of imidazole rings is 1. The molecule has 1 aliphatic rings. The maximum absolute atomic E-state index is 11.6. The second-order valence-electron chi connectivity index (χ2n) is 5.45. The molecule has 2 aromatic rings. The number of ether oxygens (including phenoxy) is 1. The van der Waals surface area contributed by atoms with Gasteiger partial charge >= 0.3 is 5.97 Å². The van der Waals surface area contributed by atoms with Crippen molar-refractivity contribution in [2.45, 2.75) is 12.8 Å². The fraction of sp³-hybridized carbons (Fsp3) is 0.467. The predicted molar refractivity (Wildman–Crippen MR) is 79.0 cm³/mol. The summed E-state index contributed by atoms with van der Waals surface area (Å²) >= 11 is 0. The minimum Gasteiger partial charge on any atom is -0.476 e. The highest BCUT2D eigenvalue weighted by atomic mass is 16.5. The van der Waals surface area contributed by atoms with E-state index in [0.717, 1.165) is 32.6 Å². The molecule has 0 amide bonds. The molecule has 0 aromatic carbocycles. The Bertz CT molecular complexity index is 647. The van der Waals surface area contributed by atoms with E-state index in [1.54, 1.807) is 10.6 Å². The molecular weight excluding hydrogens is 270 g/mol. The molecular formula is C15H19N3O3. The molecule has 1 aliphatic heterocycles. The van der Waals surface area contributed by atoms with Crippen molar-refractivity contribution in [1.82, 2.24) is 9.38 Å². The van der Waals surface area contributed by atoms with Crippen molar-refractivity contribution in [3.8, 4) is 0 Å². The zero-order chi connectivity index (χ0) is 14.8. The van der Waals surface area contributed by atoms with Crippen molar-refractivity contribution in [2.75, 3.05) is 31.7 Å². The van der Waals surface area contributed by atoms with Crippen LogP contribution < -0.4 is 4.90 Å². The molecule has 1 N–H and O–H groups in total. The van der Waals surface area contributed by atoms with Crippen LogP contribution in [0.25, 0.3) is 5.65 Å². The molecule has 6 heteroatoms. The van der Waals surface area contributed by atoms with Gasteiger partial charge in [0, 0.05) is 33.0 Å². The van der Waals surface area contributed by atoms with E-state index in [-0.39, 0.29) is 5.69 Å². The first-order valence-corrected chi connectivity index (χ1v) is 7.16. The lowest BCUT2D eigenvalue weighted by Gasteiger charge is -2.27. The van der Waals surface area contributed by atoms with Crippen molar-refractivity contribution >= 4 is 17.4 Å². The molecule has 0 atom stereocenters. The van der Waals surface area contributed by atoms with Crippen LogP contribution in [-0.2, 0) is 4.74 Å². The topological polar surface area (TPSA) is 67.1 Å². The van der Waals surface area contributed by atoms with Crippen LogP contribution in [0.3, 0.4) is 0 Å². The van der Waals surface area contributed by atoms with Gasteiger partial charge in [0.25, 0.3) is 0 Å². The molecule has 0 radical (unpaired) electrons. The van der Waals surface area contributed by atoms with E-state index in [0.29, 0.717) is 17.4 Å². The highest BCUT2D eigenvalue weighted by Gasteiger charge is 2.23. The van der Waals surface area contributed by atoms with E-state index in [9.17, 15) is 9.90 Å². The monoisotopic (exact) mass is 289 g/mol. The Balaban J connectivity index is 1.91. The quantitative estimate of drug-likeness (QED) is 0.931. The molecule has 0 bridgehead atoms. The average Bonchev–Trinajstić information content (AvgIpc) is 2.88. The third-order valence-corrected chi connectivity index (χ3v) is 3.95. The SMILES string of the molecule is CN(CC1CCOCC1)c1nc2ccccn2c1C(=O)O. The second kappa shape index (κ2) is 5.73. The van der Waals surface area contributed by atoms with Gasteiger partial charge in [0.05, 0.1) is 0 Å². The largest absolute Gasteiger partial charge is 0.476 e. The number of hydrogen-bond acceptors (Lipinski definition) is 4. The zero-order valence-corrected chi connectivity index (χ0v) is 12.0. The van der Waals surface area contributed by atoms with Gasteiger partial charge in [0.15, 0.2) is 11.5 Å². The molecule has 0 aliphatic carbocycles. The molecule has 0 spiro atoms. The predicted octanol–water partition coefficient (Wildman–Crippen LogP) is 1.90. The first-order chi connectivity index (χ1) is 10.2. The minimum absolute atomic E-state index is 0.222. The van der Waals surface area contributed by atoms with Crippen LogP contribution in [-0.4, -0.2) is 47.3 Å².